The van der Waals surface area contributed by atoms with Crippen molar-refractivity contribution in [1.82, 2.24) is 0 Å². The van der Waals surface area contributed by atoms with Gasteiger partial charge in [-0.25, -0.2) is 0 Å². The van der Waals surface area contributed by atoms with Gasteiger partial charge in [-0.1, -0.05) is 11.6 Å². The van der Waals surface area contributed by atoms with Crippen LogP contribution in [0.5, 0.6) is 0 Å². The lowest BCUT2D eigenvalue weighted by atomic mass is 10.3. The topological polar surface area (TPSA) is 35.5 Å². The maximum atomic E-state index is 10.5. The van der Waals surface area contributed by atoms with Crippen molar-refractivity contribution in [1.29, 1.82) is 0 Å². The molecule has 0 heterocycles. The van der Waals surface area contributed by atoms with Gasteiger partial charge in [-0.2, -0.15) is 0 Å². The summed E-state index contributed by atoms with van der Waals surface area (Å²) in [6, 6.07) is 0.182. The van der Waals surface area contributed by atoms with Gasteiger partial charge in [-0.15, -0.1) is 0 Å². The smallest absolute Gasteiger partial charge is 0.305 e. The minimum atomic E-state index is -0.210. The van der Waals surface area contributed by atoms with Crippen molar-refractivity contribution in [2.45, 2.75) is 12.8 Å². The molecule has 0 aromatic heterocycles. The summed E-state index contributed by atoms with van der Waals surface area (Å²) in [7, 11) is 1.37. The van der Waals surface area contributed by atoms with Crippen LogP contribution < -0.4 is 0 Å². The van der Waals surface area contributed by atoms with E-state index in [0.717, 1.165) is 0 Å². The highest BCUT2D eigenvalue weighted by Crippen LogP contribution is 1.92. The molecule has 0 aliphatic heterocycles. The fourth-order valence-electron chi connectivity index (χ4n) is 0.475. The SMILES string of the molecule is COC(=O)CCCOCCl. The molecule has 0 fully saturated rings. The van der Waals surface area contributed by atoms with Crippen molar-refractivity contribution in [3.05, 3.63) is 0 Å². The van der Waals surface area contributed by atoms with Crippen LogP contribution in [0.4, 0.5) is 0 Å². The van der Waals surface area contributed by atoms with Gasteiger partial charge in [-0.05, 0) is 6.42 Å². The van der Waals surface area contributed by atoms with Crippen molar-refractivity contribution in [2.24, 2.45) is 0 Å². The van der Waals surface area contributed by atoms with E-state index >= 15 is 0 Å². The van der Waals surface area contributed by atoms with Gasteiger partial charge in [0.05, 0.1) is 7.11 Å². The quantitative estimate of drug-likeness (QED) is 0.349. The Labute approximate surface area is 65.3 Å². The molecule has 0 saturated carbocycles. The molecule has 0 radical (unpaired) electrons. The van der Waals surface area contributed by atoms with E-state index in [9.17, 15) is 4.79 Å². The highest BCUT2D eigenvalue weighted by molar-refractivity contribution is 6.17. The number of hydrogen-bond donors (Lipinski definition) is 0. The predicted molar refractivity (Wildman–Crippen MR) is 37.9 cm³/mol. The first-order valence-electron chi connectivity index (χ1n) is 3.01. The Morgan fingerprint density at radius 3 is 2.80 bits per heavy atom. The maximum absolute atomic E-state index is 10.5. The van der Waals surface area contributed by atoms with Gasteiger partial charge in [-0.3, -0.25) is 4.79 Å². The second kappa shape index (κ2) is 6.83. The molecule has 0 atom stereocenters. The van der Waals surface area contributed by atoms with Crippen LogP contribution in [0.15, 0.2) is 0 Å². The Kier molecular flexibility index (Phi) is 6.64. The molecule has 0 N–H and O–H groups in total. The summed E-state index contributed by atoms with van der Waals surface area (Å²) in [5.74, 6) is -0.210. The number of carbonyl (C=O) groups excluding carboxylic acids is 1. The molecular formula is C6H11ClO3. The Bertz CT molecular complexity index is 95.0. The third-order valence-electron chi connectivity index (χ3n) is 0.974. The van der Waals surface area contributed by atoms with Crippen LogP contribution in [0.1, 0.15) is 12.8 Å². The highest BCUT2D eigenvalue weighted by atomic mass is 35.5. The van der Waals surface area contributed by atoms with Crippen LogP contribution in [-0.2, 0) is 14.3 Å². The molecule has 0 unspecified atom stereocenters. The summed E-state index contributed by atoms with van der Waals surface area (Å²) in [6.07, 6.45) is 1.06. The molecule has 60 valence electrons. The van der Waals surface area contributed by atoms with Crippen LogP contribution in [-0.4, -0.2) is 25.8 Å². The van der Waals surface area contributed by atoms with E-state index in [1.165, 1.54) is 7.11 Å². The molecule has 0 aliphatic carbocycles. The normalized spacial score (nSPS) is 9.40. The Balaban J connectivity index is 2.96. The molecule has 10 heavy (non-hydrogen) atoms. The lowest BCUT2D eigenvalue weighted by Gasteiger charge is -1.98. The van der Waals surface area contributed by atoms with E-state index in [0.29, 0.717) is 19.4 Å². The molecule has 0 aromatic carbocycles. The molecule has 0 aliphatic rings. The number of halogens is 1. The maximum Gasteiger partial charge on any atom is 0.305 e. The van der Waals surface area contributed by atoms with Gasteiger partial charge in [0.2, 0.25) is 0 Å². The monoisotopic (exact) mass is 166 g/mol. The summed E-state index contributed by atoms with van der Waals surface area (Å²) in [6.45, 7) is 0.512. The summed E-state index contributed by atoms with van der Waals surface area (Å²) in [4.78, 5) is 10.5. The zero-order valence-corrected chi connectivity index (χ0v) is 6.69. The van der Waals surface area contributed by atoms with Crippen molar-refractivity contribution in [3.8, 4) is 0 Å². The average Bonchev–Trinajstić information content (AvgIpc) is 1.98. The van der Waals surface area contributed by atoms with Gasteiger partial charge < -0.3 is 9.47 Å². The molecule has 4 heteroatoms. The van der Waals surface area contributed by atoms with Crippen LogP contribution in [0.2, 0.25) is 0 Å². The van der Waals surface area contributed by atoms with E-state index in [1.54, 1.807) is 0 Å². The fourth-order valence-corrected chi connectivity index (χ4v) is 0.584. The molecule has 0 aromatic rings. The molecule has 0 bridgehead atoms. The third-order valence-corrected chi connectivity index (χ3v) is 1.13. The van der Waals surface area contributed by atoms with Crippen molar-refractivity contribution >= 4 is 17.6 Å². The fraction of sp³-hybridized carbons (Fsp3) is 0.833. The minimum absolute atomic E-state index is 0.182. The van der Waals surface area contributed by atoms with Crippen LogP contribution in [0.3, 0.4) is 0 Å². The van der Waals surface area contributed by atoms with Crippen molar-refractivity contribution in [2.75, 3.05) is 19.8 Å². The first-order valence-corrected chi connectivity index (χ1v) is 3.55. The third kappa shape index (κ3) is 5.85. The van der Waals surface area contributed by atoms with Gasteiger partial charge in [0.15, 0.2) is 0 Å². The number of alkyl halides is 1. The van der Waals surface area contributed by atoms with E-state index in [2.05, 4.69) is 4.74 Å². The second-order valence-electron chi connectivity index (χ2n) is 1.70. The first kappa shape index (κ1) is 9.72. The van der Waals surface area contributed by atoms with E-state index < -0.39 is 0 Å². The zero-order valence-electron chi connectivity index (χ0n) is 5.93. The largest absolute Gasteiger partial charge is 0.469 e. The van der Waals surface area contributed by atoms with E-state index in [1.807, 2.05) is 0 Å². The summed E-state index contributed by atoms with van der Waals surface area (Å²) in [5.41, 5.74) is 0. The molecule has 0 amide bonds. The van der Waals surface area contributed by atoms with Crippen LogP contribution >= 0.6 is 11.6 Å². The second-order valence-corrected chi connectivity index (χ2v) is 1.92. The van der Waals surface area contributed by atoms with Crippen LogP contribution in [0, 0.1) is 0 Å². The molecule has 3 nitrogen and oxygen atoms in total. The van der Waals surface area contributed by atoms with Gasteiger partial charge in [0.25, 0.3) is 0 Å². The summed E-state index contributed by atoms with van der Waals surface area (Å²) in [5, 5.41) is 0. The van der Waals surface area contributed by atoms with Gasteiger partial charge >= 0.3 is 5.97 Å². The lowest BCUT2D eigenvalue weighted by Crippen LogP contribution is -2.02. The first-order chi connectivity index (χ1) is 4.81. The van der Waals surface area contributed by atoms with Crippen LogP contribution in [0.25, 0.3) is 0 Å². The average molecular weight is 167 g/mol. The number of carbonyl (C=O) groups is 1. The number of hydrogen-bond acceptors (Lipinski definition) is 3. The molecule has 0 saturated heterocycles. The summed E-state index contributed by atoms with van der Waals surface area (Å²) < 4.78 is 9.19. The zero-order chi connectivity index (χ0) is 7.82. The highest BCUT2D eigenvalue weighted by Gasteiger charge is 1.97. The predicted octanol–water partition coefficient (Wildman–Crippen LogP) is 1.15. The van der Waals surface area contributed by atoms with Gasteiger partial charge in [0.1, 0.15) is 6.07 Å². The number of methoxy groups -OCH3 is 1. The van der Waals surface area contributed by atoms with Gasteiger partial charge in [0, 0.05) is 13.0 Å². The lowest BCUT2D eigenvalue weighted by molar-refractivity contribution is -0.140. The number of ether oxygens (including phenoxy) is 2. The Morgan fingerprint density at radius 1 is 1.60 bits per heavy atom. The molecule has 0 rings (SSSR count). The van der Waals surface area contributed by atoms with Crippen molar-refractivity contribution < 1.29 is 14.3 Å². The number of rotatable bonds is 5. The summed E-state index contributed by atoms with van der Waals surface area (Å²) >= 11 is 5.21. The standard InChI is InChI=1S/C6H11ClO3/c1-9-6(8)3-2-4-10-5-7/h2-5H2,1H3. The number of esters is 1. The Hall–Kier alpha value is -0.280. The molecule has 0 spiro atoms. The van der Waals surface area contributed by atoms with E-state index in [4.69, 9.17) is 16.3 Å². The van der Waals surface area contributed by atoms with E-state index in [-0.39, 0.29) is 12.0 Å². The Morgan fingerprint density at radius 2 is 2.30 bits per heavy atom. The molecular weight excluding hydrogens is 156 g/mol. The van der Waals surface area contributed by atoms with Crippen molar-refractivity contribution in [3.63, 3.8) is 0 Å². The minimum Gasteiger partial charge on any atom is -0.469 e.